The summed E-state index contributed by atoms with van der Waals surface area (Å²) in [5, 5.41) is 3.18. The van der Waals surface area contributed by atoms with Crippen molar-refractivity contribution < 1.29 is 18.1 Å². The molecule has 52 heavy (non-hydrogen) atoms. The average molecular weight is 757 g/mol. The average Bonchev–Trinajstić information content (AvgIpc) is 3.76. The second-order valence-electron chi connectivity index (χ2n) is 13.8. The number of benzene rings is 4. The van der Waals surface area contributed by atoms with Gasteiger partial charge in [-0.1, -0.05) is 72.1 Å². The highest BCUT2D eigenvalue weighted by atomic mass is 35.5. The van der Waals surface area contributed by atoms with Crippen LogP contribution < -0.4 is 5.46 Å². The number of fused-ring (bicyclic) bond motifs is 2. The van der Waals surface area contributed by atoms with Crippen molar-refractivity contribution in [1.82, 2.24) is 15.0 Å². The Kier molecular flexibility index (Phi) is 9.74. The summed E-state index contributed by atoms with van der Waals surface area (Å²) in [7, 11) is -0.431. The van der Waals surface area contributed by atoms with E-state index in [2.05, 4.69) is 27.9 Å². The predicted molar refractivity (Wildman–Crippen MR) is 211 cm³/mol. The Balaban J connectivity index is 0.000000162. The summed E-state index contributed by atoms with van der Waals surface area (Å²) in [5.41, 5.74) is 7.26. The number of rotatable bonds is 5. The van der Waals surface area contributed by atoms with Gasteiger partial charge in [0.2, 0.25) is 0 Å². The van der Waals surface area contributed by atoms with E-state index in [9.17, 15) is 8.78 Å². The summed E-state index contributed by atoms with van der Waals surface area (Å²) in [4.78, 5) is 10.7. The molecule has 2 N–H and O–H groups in total. The van der Waals surface area contributed by atoms with Crippen LogP contribution in [0.25, 0.3) is 55.4 Å². The molecular weight excluding hydrogens is 722 g/mol. The van der Waals surface area contributed by atoms with Crippen LogP contribution >= 0.6 is 34.8 Å². The van der Waals surface area contributed by atoms with Crippen molar-refractivity contribution in [3.05, 3.63) is 130 Å². The molecular formula is C41H35BCl3F2N3O2. The number of halogens is 5. The lowest BCUT2D eigenvalue weighted by molar-refractivity contribution is 0.00578. The summed E-state index contributed by atoms with van der Waals surface area (Å²) < 4.78 is 40.7. The minimum absolute atomic E-state index is 0.348. The first kappa shape index (κ1) is 36.2. The second-order valence-corrected chi connectivity index (χ2v) is 15.0. The summed E-state index contributed by atoms with van der Waals surface area (Å²) in [6, 6.07) is 27.1. The SMILES string of the molecule is CC1(C)OB(c2ccc3[nH]c(-c4c(F)cccc4Cl)cc3c2)OC1(C)C.CCc1cc(Cl)ncc1-c1ccc2[nH]c(-c3c(F)cccc3Cl)cc2c1. The zero-order chi connectivity index (χ0) is 36.9. The summed E-state index contributed by atoms with van der Waals surface area (Å²) in [6.45, 7) is 10.2. The quantitative estimate of drug-likeness (QED) is 0.136. The third-order valence-electron chi connectivity index (χ3n) is 9.90. The smallest absolute Gasteiger partial charge is 0.399 e. The molecule has 3 aromatic heterocycles. The molecule has 0 amide bonds. The molecule has 0 bridgehead atoms. The molecule has 7 aromatic rings. The van der Waals surface area contributed by atoms with Crippen molar-refractivity contribution in [3.8, 4) is 33.6 Å². The third-order valence-corrected chi connectivity index (χ3v) is 10.7. The van der Waals surface area contributed by atoms with Crippen molar-refractivity contribution >= 4 is 69.2 Å². The van der Waals surface area contributed by atoms with Crippen molar-refractivity contribution in [2.75, 3.05) is 0 Å². The Hall–Kier alpha value is -4.18. The predicted octanol–water partition coefficient (Wildman–Crippen LogP) is 11.8. The molecule has 0 aliphatic carbocycles. The van der Waals surface area contributed by atoms with E-state index >= 15 is 0 Å². The normalized spacial score (nSPS) is 14.9. The van der Waals surface area contributed by atoms with Gasteiger partial charge in [0.25, 0.3) is 0 Å². The molecule has 264 valence electrons. The van der Waals surface area contributed by atoms with Gasteiger partial charge in [0.05, 0.1) is 43.8 Å². The zero-order valence-electron chi connectivity index (χ0n) is 29.2. The highest BCUT2D eigenvalue weighted by molar-refractivity contribution is 6.62. The lowest BCUT2D eigenvalue weighted by Crippen LogP contribution is -2.41. The molecule has 0 spiro atoms. The van der Waals surface area contributed by atoms with E-state index in [0.717, 1.165) is 50.4 Å². The van der Waals surface area contributed by atoms with Gasteiger partial charge in [-0.05, 0) is 117 Å². The maximum absolute atomic E-state index is 14.2. The molecule has 5 nitrogen and oxygen atoms in total. The number of nitrogens with one attached hydrogen (secondary N) is 2. The van der Waals surface area contributed by atoms with E-state index in [1.807, 2.05) is 76.2 Å². The summed E-state index contributed by atoms with van der Waals surface area (Å²) in [5.74, 6) is -0.699. The van der Waals surface area contributed by atoms with Crippen LogP contribution in [0.15, 0.2) is 97.2 Å². The molecule has 4 heterocycles. The van der Waals surface area contributed by atoms with Crippen LogP contribution in [0, 0.1) is 11.6 Å². The number of nitrogens with zero attached hydrogens (tertiary/aromatic N) is 1. The molecule has 0 radical (unpaired) electrons. The first-order chi connectivity index (χ1) is 24.7. The van der Waals surface area contributed by atoms with Crippen molar-refractivity contribution in [2.45, 2.75) is 52.2 Å². The standard InChI is InChI=1S/C21H15Cl2FN2.C20H20BClFNO2/c1-2-12-10-20(23)25-11-15(12)13-6-7-18-14(8-13)9-19(26-18)21-16(22)4-3-5-17(21)24;1-19(2)20(3,4)26-21(25-19)13-8-9-16-12(10-13)11-17(24-16)18-14(22)6-5-7-15(18)23/h3-11,26H,2H2,1H3;5-11,24H,1-4H3. The number of aromatic nitrogens is 3. The Bertz CT molecular complexity index is 2400. The fraction of sp³-hybridized carbons (Fsp3) is 0.195. The van der Waals surface area contributed by atoms with E-state index in [-0.39, 0.29) is 11.6 Å². The van der Waals surface area contributed by atoms with Gasteiger partial charge in [-0.15, -0.1) is 0 Å². The van der Waals surface area contributed by atoms with E-state index in [0.29, 0.717) is 37.7 Å². The van der Waals surface area contributed by atoms with Crippen LogP contribution in [0.2, 0.25) is 15.2 Å². The maximum atomic E-state index is 14.2. The molecule has 0 unspecified atom stereocenters. The Labute approximate surface area is 316 Å². The Morgan fingerprint density at radius 2 is 1.23 bits per heavy atom. The molecule has 0 saturated carbocycles. The van der Waals surface area contributed by atoms with Gasteiger partial charge < -0.3 is 19.3 Å². The van der Waals surface area contributed by atoms with Crippen molar-refractivity contribution in [3.63, 3.8) is 0 Å². The monoisotopic (exact) mass is 755 g/mol. The van der Waals surface area contributed by atoms with Gasteiger partial charge in [-0.2, -0.15) is 0 Å². The minimum atomic E-state index is -0.431. The largest absolute Gasteiger partial charge is 0.494 e. The van der Waals surface area contributed by atoms with Gasteiger partial charge in [-0.25, -0.2) is 13.8 Å². The van der Waals surface area contributed by atoms with E-state index in [4.69, 9.17) is 44.1 Å². The first-order valence-corrected chi connectivity index (χ1v) is 18.0. The molecule has 1 fully saturated rings. The van der Waals surface area contributed by atoms with Crippen LogP contribution in [0.4, 0.5) is 8.78 Å². The molecule has 0 atom stereocenters. The minimum Gasteiger partial charge on any atom is -0.399 e. The molecule has 1 aliphatic heterocycles. The van der Waals surface area contributed by atoms with E-state index < -0.39 is 18.3 Å². The number of H-pyrrole nitrogens is 2. The second kappa shape index (κ2) is 14.0. The van der Waals surface area contributed by atoms with Crippen LogP contribution in [-0.4, -0.2) is 33.3 Å². The summed E-state index contributed by atoms with van der Waals surface area (Å²) >= 11 is 18.4. The molecule has 1 aliphatic rings. The number of pyridine rings is 1. The Morgan fingerprint density at radius 1 is 0.692 bits per heavy atom. The molecule has 8 rings (SSSR count). The van der Waals surface area contributed by atoms with Crippen molar-refractivity contribution in [1.29, 1.82) is 0 Å². The Morgan fingerprint density at radius 3 is 1.77 bits per heavy atom. The van der Waals surface area contributed by atoms with Crippen LogP contribution in [0.1, 0.15) is 40.2 Å². The molecule has 4 aromatic carbocycles. The molecule has 1 saturated heterocycles. The zero-order valence-corrected chi connectivity index (χ0v) is 31.4. The number of aromatic amines is 2. The van der Waals surface area contributed by atoms with Gasteiger partial charge in [0.1, 0.15) is 16.8 Å². The highest BCUT2D eigenvalue weighted by Crippen LogP contribution is 2.38. The first-order valence-electron chi connectivity index (χ1n) is 16.9. The highest BCUT2D eigenvalue weighted by Gasteiger charge is 2.51. The lowest BCUT2D eigenvalue weighted by Gasteiger charge is -2.32. The maximum Gasteiger partial charge on any atom is 0.494 e. The van der Waals surface area contributed by atoms with Gasteiger partial charge in [-0.3, -0.25) is 0 Å². The third kappa shape index (κ3) is 6.86. The topological polar surface area (TPSA) is 62.9 Å². The number of aryl methyl sites for hydroxylation is 1. The van der Waals surface area contributed by atoms with Crippen LogP contribution in [0.3, 0.4) is 0 Å². The van der Waals surface area contributed by atoms with E-state index in [1.54, 1.807) is 30.5 Å². The lowest BCUT2D eigenvalue weighted by atomic mass is 9.78. The van der Waals surface area contributed by atoms with Gasteiger partial charge >= 0.3 is 7.12 Å². The van der Waals surface area contributed by atoms with Gasteiger partial charge in [0, 0.05) is 28.2 Å². The fourth-order valence-electron chi connectivity index (χ4n) is 6.38. The number of hydrogen-bond acceptors (Lipinski definition) is 3. The molecule has 11 heteroatoms. The number of hydrogen-bond donors (Lipinski definition) is 2. The fourth-order valence-corrected chi connectivity index (χ4v) is 7.09. The van der Waals surface area contributed by atoms with Gasteiger partial charge in [0.15, 0.2) is 0 Å². The summed E-state index contributed by atoms with van der Waals surface area (Å²) in [6.07, 6.45) is 2.66. The van der Waals surface area contributed by atoms with Crippen LogP contribution in [0.5, 0.6) is 0 Å². The van der Waals surface area contributed by atoms with E-state index in [1.165, 1.54) is 12.1 Å². The van der Waals surface area contributed by atoms with Crippen LogP contribution in [-0.2, 0) is 15.7 Å². The van der Waals surface area contributed by atoms with Crippen molar-refractivity contribution in [2.24, 2.45) is 0 Å².